The van der Waals surface area contributed by atoms with Gasteiger partial charge in [0, 0.05) is 39.8 Å². The van der Waals surface area contributed by atoms with Gasteiger partial charge in [0.05, 0.1) is 13.0 Å². The van der Waals surface area contributed by atoms with Crippen molar-refractivity contribution in [2.45, 2.75) is 19.3 Å². The number of rotatable bonds is 9. The molecule has 2 rings (SSSR count). The summed E-state index contributed by atoms with van der Waals surface area (Å²) in [6, 6.07) is 7.79. The first-order valence-corrected chi connectivity index (χ1v) is 8.31. The van der Waals surface area contributed by atoms with Gasteiger partial charge in [-0.1, -0.05) is 12.1 Å². The highest BCUT2D eigenvalue weighted by molar-refractivity contribution is 5.89. The highest BCUT2D eigenvalue weighted by atomic mass is 16.5. The Morgan fingerprint density at radius 1 is 1.29 bits per heavy atom. The van der Waals surface area contributed by atoms with Crippen molar-refractivity contribution in [3.63, 3.8) is 0 Å². The second-order valence-corrected chi connectivity index (χ2v) is 5.98. The van der Waals surface area contributed by atoms with Gasteiger partial charge in [0.25, 0.3) is 0 Å². The Hall–Kier alpha value is -2.08. The third kappa shape index (κ3) is 5.23. The van der Waals surface area contributed by atoms with Crippen LogP contribution in [-0.2, 0) is 20.7 Å². The first kappa shape index (κ1) is 18.3. The molecule has 1 N–H and O–H groups in total. The molecule has 1 heterocycles. The van der Waals surface area contributed by atoms with E-state index in [2.05, 4.69) is 5.32 Å². The lowest BCUT2D eigenvalue weighted by Gasteiger charge is -2.16. The molecule has 1 saturated heterocycles. The molecular weight excluding hydrogens is 308 g/mol. The Morgan fingerprint density at radius 3 is 2.71 bits per heavy atom. The largest absolute Gasteiger partial charge is 0.497 e. The van der Waals surface area contributed by atoms with Crippen molar-refractivity contribution in [3.8, 4) is 5.75 Å². The molecule has 6 heteroatoms. The van der Waals surface area contributed by atoms with Gasteiger partial charge < -0.3 is 19.7 Å². The molecule has 1 aliphatic heterocycles. The molecule has 24 heavy (non-hydrogen) atoms. The fourth-order valence-electron chi connectivity index (χ4n) is 2.83. The number of benzene rings is 1. The van der Waals surface area contributed by atoms with Crippen molar-refractivity contribution in [3.05, 3.63) is 29.8 Å². The van der Waals surface area contributed by atoms with Crippen LogP contribution in [0.2, 0.25) is 0 Å². The predicted octanol–water partition coefficient (Wildman–Crippen LogP) is 1.24. The first-order chi connectivity index (χ1) is 11.6. The number of ether oxygens (including phenoxy) is 2. The van der Waals surface area contributed by atoms with Crippen LogP contribution in [0.25, 0.3) is 0 Å². The van der Waals surface area contributed by atoms with Crippen LogP contribution in [0.3, 0.4) is 0 Å². The van der Waals surface area contributed by atoms with Crippen LogP contribution in [-0.4, -0.2) is 57.2 Å². The Kier molecular flexibility index (Phi) is 7.06. The predicted molar refractivity (Wildman–Crippen MR) is 90.9 cm³/mol. The van der Waals surface area contributed by atoms with E-state index in [4.69, 9.17) is 9.47 Å². The summed E-state index contributed by atoms with van der Waals surface area (Å²) in [6.45, 7) is 2.36. The summed E-state index contributed by atoms with van der Waals surface area (Å²) < 4.78 is 10.1. The van der Waals surface area contributed by atoms with Crippen LogP contribution >= 0.6 is 0 Å². The van der Waals surface area contributed by atoms with Crippen molar-refractivity contribution in [1.29, 1.82) is 0 Å². The van der Waals surface area contributed by atoms with Gasteiger partial charge in [-0.2, -0.15) is 0 Å². The second kappa shape index (κ2) is 9.27. The van der Waals surface area contributed by atoms with E-state index in [1.165, 1.54) is 0 Å². The summed E-state index contributed by atoms with van der Waals surface area (Å²) in [5.74, 6) is 0.601. The van der Waals surface area contributed by atoms with Crippen molar-refractivity contribution in [2.24, 2.45) is 5.92 Å². The number of nitrogens with one attached hydrogen (secondary N) is 1. The normalized spacial score (nSPS) is 17.2. The van der Waals surface area contributed by atoms with E-state index >= 15 is 0 Å². The van der Waals surface area contributed by atoms with Crippen molar-refractivity contribution < 1.29 is 19.1 Å². The Morgan fingerprint density at radius 2 is 2.04 bits per heavy atom. The number of hydrogen-bond donors (Lipinski definition) is 1. The van der Waals surface area contributed by atoms with Gasteiger partial charge in [-0.3, -0.25) is 9.59 Å². The Labute approximate surface area is 143 Å². The van der Waals surface area contributed by atoms with Crippen LogP contribution < -0.4 is 10.1 Å². The number of hydrogen-bond acceptors (Lipinski definition) is 4. The zero-order valence-corrected chi connectivity index (χ0v) is 14.4. The van der Waals surface area contributed by atoms with E-state index in [1.807, 2.05) is 24.3 Å². The van der Waals surface area contributed by atoms with Crippen LogP contribution in [0.15, 0.2) is 24.3 Å². The van der Waals surface area contributed by atoms with Crippen molar-refractivity contribution in [1.82, 2.24) is 10.2 Å². The first-order valence-electron chi connectivity index (χ1n) is 8.31. The summed E-state index contributed by atoms with van der Waals surface area (Å²) in [6.07, 6.45) is 1.86. The van der Waals surface area contributed by atoms with Gasteiger partial charge in [0.1, 0.15) is 5.75 Å². The fourth-order valence-corrected chi connectivity index (χ4v) is 2.83. The standard InChI is InChI=1S/C18H26N2O4/c1-23-11-3-10-20-13-15(12-17(20)21)18(22)19-9-8-14-4-6-16(24-2)7-5-14/h4-7,15H,3,8-13H2,1-2H3,(H,19,22). The molecule has 1 atom stereocenters. The van der Waals surface area contributed by atoms with Gasteiger partial charge in [-0.25, -0.2) is 0 Å². The van der Waals surface area contributed by atoms with Gasteiger partial charge >= 0.3 is 0 Å². The van der Waals surface area contributed by atoms with Gasteiger partial charge in [-0.15, -0.1) is 0 Å². The van der Waals surface area contributed by atoms with Crippen LogP contribution in [0.4, 0.5) is 0 Å². The molecule has 1 aromatic carbocycles. The molecule has 0 bridgehead atoms. The maximum Gasteiger partial charge on any atom is 0.225 e. The van der Waals surface area contributed by atoms with Crippen molar-refractivity contribution in [2.75, 3.05) is 40.5 Å². The molecule has 1 aromatic rings. The minimum atomic E-state index is -0.240. The topological polar surface area (TPSA) is 67.9 Å². The summed E-state index contributed by atoms with van der Waals surface area (Å²) in [7, 11) is 3.28. The van der Waals surface area contributed by atoms with Crippen LogP contribution in [0.1, 0.15) is 18.4 Å². The molecular formula is C18H26N2O4. The Bertz CT molecular complexity index is 544. The zero-order chi connectivity index (χ0) is 17.4. The average Bonchev–Trinajstić information content (AvgIpc) is 2.97. The lowest BCUT2D eigenvalue weighted by molar-refractivity contribution is -0.129. The number of nitrogens with zero attached hydrogens (tertiary/aromatic N) is 1. The highest BCUT2D eigenvalue weighted by Gasteiger charge is 2.33. The van der Waals surface area contributed by atoms with Crippen LogP contribution in [0, 0.1) is 5.92 Å². The highest BCUT2D eigenvalue weighted by Crippen LogP contribution is 2.18. The Balaban J connectivity index is 1.71. The molecule has 1 fully saturated rings. The minimum absolute atomic E-state index is 0.0360. The smallest absolute Gasteiger partial charge is 0.225 e. The lowest BCUT2D eigenvalue weighted by Crippen LogP contribution is -2.34. The van der Waals surface area contributed by atoms with E-state index < -0.39 is 0 Å². The van der Waals surface area contributed by atoms with E-state index in [9.17, 15) is 9.59 Å². The molecule has 0 spiro atoms. The third-order valence-electron chi connectivity index (χ3n) is 4.23. The molecule has 6 nitrogen and oxygen atoms in total. The number of carbonyl (C=O) groups excluding carboxylic acids is 2. The van der Waals surface area contributed by atoms with Crippen LogP contribution in [0.5, 0.6) is 5.75 Å². The summed E-state index contributed by atoms with van der Waals surface area (Å²) in [5, 5.41) is 2.94. The van der Waals surface area contributed by atoms with E-state index in [-0.39, 0.29) is 17.7 Å². The molecule has 132 valence electrons. The molecule has 2 amide bonds. The van der Waals surface area contributed by atoms with E-state index in [1.54, 1.807) is 19.1 Å². The van der Waals surface area contributed by atoms with E-state index in [0.717, 1.165) is 24.2 Å². The maximum atomic E-state index is 12.2. The number of carbonyl (C=O) groups is 2. The molecule has 0 radical (unpaired) electrons. The second-order valence-electron chi connectivity index (χ2n) is 5.98. The lowest BCUT2D eigenvalue weighted by atomic mass is 10.1. The summed E-state index contributed by atoms with van der Waals surface area (Å²) >= 11 is 0. The number of methoxy groups -OCH3 is 2. The van der Waals surface area contributed by atoms with Gasteiger partial charge in [0.15, 0.2) is 0 Å². The van der Waals surface area contributed by atoms with E-state index in [0.29, 0.717) is 32.7 Å². The quantitative estimate of drug-likeness (QED) is 0.690. The van der Waals surface area contributed by atoms with Crippen molar-refractivity contribution >= 4 is 11.8 Å². The third-order valence-corrected chi connectivity index (χ3v) is 4.23. The zero-order valence-electron chi connectivity index (χ0n) is 14.4. The fraction of sp³-hybridized carbons (Fsp3) is 0.556. The molecule has 1 aliphatic rings. The molecule has 0 saturated carbocycles. The number of likely N-dealkylation sites (tertiary alicyclic amines) is 1. The van der Waals surface area contributed by atoms with Gasteiger partial charge in [0.2, 0.25) is 11.8 Å². The maximum absolute atomic E-state index is 12.2. The monoisotopic (exact) mass is 334 g/mol. The molecule has 0 aliphatic carbocycles. The molecule has 1 unspecified atom stereocenters. The molecule has 0 aromatic heterocycles. The van der Waals surface area contributed by atoms with Gasteiger partial charge in [-0.05, 0) is 30.5 Å². The SMILES string of the molecule is COCCCN1CC(C(=O)NCCc2ccc(OC)cc2)CC1=O. The number of amides is 2. The summed E-state index contributed by atoms with van der Waals surface area (Å²) in [5.41, 5.74) is 1.14. The minimum Gasteiger partial charge on any atom is -0.497 e. The summed E-state index contributed by atoms with van der Waals surface area (Å²) in [4.78, 5) is 25.9. The average molecular weight is 334 g/mol.